The van der Waals surface area contributed by atoms with Crippen LogP contribution >= 0.6 is 15.9 Å². The van der Waals surface area contributed by atoms with Crippen LogP contribution in [0.15, 0.2) is 41.0 Å². The van der Waals surface area contributed by atoms with Gasteiger partial charge < -0.3 is 5.11 Å². The monoisotopic (exact) mass is 327 g/mol. The van der Waals surface area contributed by atoms with Gasteiger partial charge in [0.05, 0.1) is 6.10 Å². The first kappa shape index (κ1) is 14.1. The number of hydrogen-bond donors (Lipinski definition) is 1. The van der Waals surface area contributed by atoms with Gasteiger partial charge in [-0.05, 0) is 52.2 Å². The quantitative estimate of drug-likeness (QED) is 0.934. The van der Waals surface area contributed by atoms with Gasteiger partial charge in [-0.3, -0.25) is 4.98 Å². The van der Waals surface area contributed by atoms with Crippen molar-refractivity contribution in [2.24, 2.45) is 0 Å². The Balaban J connectivity index is 1.98. The number of hydrogen-bond acceptors (Lipinski definition) is 2. The van der Waals surface area contributed by atoms with E-state index in [2.05, 4.69) is 20.9 Å². The van der Waals surface area contributed by atoms with Crippen molar-refractivity contribution in [3.63, 3.8) is 0 Å². The van der Waals surface area contributed by atoms with Crippen LogP contribution in [0.3, 0.4) is 0 Å². The Hall–Kier alpha value is -1.33. The largest absolute Gasteiger partial charge is 0.392 e. The fraction of sp³-hybridized carbons (Fsp3) is 0.214. The van der Waals surface area contributed by atoms with E-state index in [1.54, 1.807) is 12.3 Å². The predicted molar refractivity (Wildman–Crippen MR) is 71.7 cm³/mol. The summed E-state index contributed by atoms with van der Waals surface area (Å²) in [5.41, 5.74) is 1.31. The average Bonchev–Trinajstić information content (AvgIpc) is 2.37. The van der Waals surface area contributed by atoms with Gasteiger partial charge in [-0.25, -0.2) is 8.78 Å². The molecule has 1 atom stereocenters. The van der Waals surface area contributed by atoms with Crippen LogP contribution in [0, 0.1) is 11.6 Å². The fourth-order valence-electron chi connectivity index (χ4n) is 1.78. The van der Waals surface area contributed by atoms with Crippen LogP contribution in [0.4, 0.5) is 8.78 Å². The van der Waals surface area contributed by atoms with E-state index in [-0.39, 0.29) is 6.42 Å². The zero-order chi connectivity index (χ0) is 13.8. The second kappa shape index (κ2) is 6.21. The Morgan fingerprint density at radius 1 is 1.11 bits per heavy atom. The lowest BCUT2D eigenvalue weighted by Gasteiger charge is -2.10. The molecule has 2 nitrogen and oxygen atoms in total. The van der Waals surface area contributed by atoms with E-state index in [0.29, 0.717) is 12.0 Å². The zero-order valence-corrected chi connectivity index (χ0v) is 11.6. The molecular formula is C14H12BrF2NO. The molecule has 0 saturated heterocycles. The van der Waals surface area contributed by atoms with Gasteiger partial charge in [0.2, 0.25) is 0 Å². The van der Waals surface area contributed by atoms with Crippen molar-refractivity contribution in [3.8, 4) is 0 Å². The number of nitrogens with zero attached hydrogens (tertiary/aromatic N) is 1. The Kier molecular flexibility index (Phi) is 4.61. The molecule has 0 fully saturated rings. The molecule has 1 aromatic heterocycles. The highest BCUT2D eigenvalue weighted by Gasteiger charge is 2.10. The van der Waals surface area contributed by atoms with Crippen LogP contribution in [-0.4, -0.2) is 16.2 Å². The van der Waals surface area contributed by atoms with E-state index >= 15 is 0 Å². The summed E-state index contributed by atoms with van der Waals surface area (Å²) in [7, 11) is 0. The summed E-state index contributed by atoms with van der Waals surface area (Å²) in [6.07, 6.45) is 1.60. The molecule has 0 radical (unpaired) electrons. The number of aromatic nitrogens is 1. The molecule has 1 heterocycles. The Morgan fingerprint density at radius 2 is 1.89 bits per heavy atom. The van der Waals surface area contributed by atoms with Crippen LogP contribution in [0.5, 0.6) is 0 Å². The lowest BCUT2D eigenvalue weighted by molar-refractivity contribution is 0.174. The second-order valence-electron chi connectivity index (χ2n) is 4.28. The van der Waals surface area contributed by atoms with E-state index in [4.69, 9.17) is 0 Å². The van der Waals surface area contributed by atoms with Crippen molar-refractivity contribution in [1.29, 1.82) is 0 Å². The normalized spacial score (nSPS) is 12.4. The minimum absolute atomic E-state index is 0.259. The molecule has 19 heavy (non-hydrogen) atoms. The molecule has 2 rings (SSSR count). The molecule has 0 amide bonds. The van der Waals surface area contributed by atoms with Crippen molar-refractivity contribution in [1.82, 2.24) is 4.98 Å². The van der Waals surface area contributed by atoms with E-state index in [0.717, 1.165) is 22.3 Å². The van der Waals surface area contributed by atoms with Gasteiger partial charge in [-0.15, -0.1) is 0 Å². The third kappa shape index (κ3) is 4.08. The minimum Gasteiger partial charge on any atom is -0.392 e. The predicted octanol–water partition coefficient (Wildman–Crippen LogP) is 3.27. The SMILES string of the molecule is OC(Cc1ccc(F)c(F)c1)Cc1ccc(Br)cn1. The van der Waals surface area contributed by atoms with Crippen molar-refractivity contribution in [3.05, 3.63) is 63.9 Å². The lowest BCUT2D eigenvalue weighted by atomic mass is 10.0. The van der Waals surface area contributed by atoms with E-state index < -0.39 is 17.7 Å². The molecule has 0 aliphatic heterocycles. The molecule has 100 valence electrons. The van der Waals surface area contributed by atoms with Gasteiger partial charge in [-0.1, -0.05) is 6.07 Å². The third-order valence-electron chi connectivity index (χ3n) is 2.69. The summed E-state index contributed by atoms with van der Waals surface area (Å²) in [6.45, 7) is 0. The van der Waals surface area contributed by atoms with Gasteiger partial charge in [0.15, 0.2) is 11.6 Å². The van der Waals surface area contributed by atoms with Crippen molar-refractivity contribution >= 4 is 15.9 Å². The molecule has 0 spiro atoms. The van der Waals surface area contributed by atoms with Crippen LogP contribution in [0.25, 0.3) is 0 Å². The van der Waals surface area contributed by atoms with E-state index in [9.17, 15) is 13.9 Å². The van der Waals surface area contributed by atoms with Gasteiger partial charge in [0.25, 0.3) is 0 Å². The van der Waals surface area contributed by atoms with Crippen LogP contribution < -0.4 is 0 Å². The fourth-order valence-corrected chi connectivity index (χ4v) is 2.01. The molecular weight excluding hydrogens is 316 g/mol. The molecule has 1 aromatic carbocycles. The van der Waals surface area contributed by atoms with Crippen LogP contribution in [0.2, 0.25) is 0 Å². The lowest BCUT2D eigenvalue weighted by Crippen LogP contribution is -2.15. The Labute approximate surface area is 118 Å². The number of pyridine rings is 1. The average molecular weight is 328 g/mol. The third-order valence-corrected chi connectivity index (χ3v) is 3.16. The zero-order valence-electron chi connectivity index (χ0n) is 9.98. The topological polar surface area (TPSA) is 33.1 Å². The van der Waals surface area contributed by atoms with Crippen molar-refractivity contribution in [2.75, 3.05) is 0 Å². The van der Waals surface area contributed by atoms with Gasteiger partial charge in [0.1, 0.15) is 0 Å². The number of halogens is 3. The maximum atomic E-state index is 13.0. The maximum absolute atomic E-state index is 13.0. The smallest absolute Gasteiger partial charge is 0.159 e. The van der Waals surface area contributed by atoms with Crippen molar-refractivity contribution < 1.29 is 13.9 Å². The first-order chi connectivity index (χ1) is 9.04. The highest BCUT2D eigenvalue weighted by Crippen LogP contribution is 2.13. The maximum Gasteiger partial charge on any atom is 0.159 e. The number of rotatable bonds is 4. The summed E-state index contributed by atoms with van der Waals surface area (Å²) in [4.78, 5) is 4.15. The molecule has 1 unspecified atom stereocenters. The van der Waals surface area contributed by atoms with E-state index in [1.807, 2.05) is 6.07 Å². The number of aliphatic hydroxyl groups is 1. The molecule has 0 aliphatic rings. The molecule has 0 bridgehead atoms. The molecule has 2 aromatic rings. The first-order valence-electron chi connectivity index (χ1n) is 5.77. The molecule has 0 aliphatic carbocycles. The second-order valence-corrected chi connectivity index (χ2v) is 5.19. The summed E-state index contributed by atoms with van der Waals surface area (Å²) in [5.74, 6) is -1.78. The standard InChI is InChI=1S/C14H12BrF2NO/c15-10-2-3-11(18-8-10)7-12(19)5-9-1-4-13(16)14(17)6-9/h1-4,6,8,12,19H,5,7H2. The molecule has 1 N–H and O–H groups in total. The summed E-state index contributed by atoms with van der Waals surface area (Å²) in [6, 6.07) is 7.28. The molecule has 0 saturated carbocycles. The first-order valence-corrected chi connectivity index (χ1v) is 6.56. The van der Waals surface area contributed by atoms with Gasteiger partial charge in [0, 0.05) is 22.8 Å². The highest BCUT2D eigenvalue weighted by atomic mass is 79.9. The summed E-state index contributed by atoms with van der Waals surface area (Å²) < 4.78 is 26.7. The van der Waals surface area contributed by atoms with Gasteiger partial charge >= 0.3 is 0 Å². The van der Waals surface area contributed by atoms with Gasteiger partial charge in [-0.2, -0.15) is 0 Å². The number of benzene rings is 1. The summed E-state index contributed by atoms with van der Waals surface area (Å²) in [5, 5.41) is 9.92. The van der Waals surface area contributed by atoms with Crippen LogP contribution in [0.1, 0.15) is 11.3 Å². The van der Waals surface area contributed by atoms with E-state index in [1.165, 1.54) is 6.07 Å². The van der Waals surface area contributed by atoms with Crippen molar-refractivity contribution in [2.45, 2.75) is 18.9 Å². The summed E-state index contributed by atoms with van der Waals surface area (Å²) >= 11 is 3.28. The number of aliphatic hydroxyl groups excluding tert-OH is 1. The molecule has 5 heteroatoms. The Bertz CT molecular complexity index is 560. The van der Waals surface area contributed by atoms with Crippen LogP contribution in [-0.2, 0) is 12.8 Å². The Morgan fingerprint density at radius 3 is 2.53 bits per heavy atom. The minimum atomic E-state index is -0.897. The highest BCUT2D eigenvalue weighted by molar-refractivity contribution is 9.10.